The maximum absolute atomic E-state index is 12.1. The maximum atomic E-state index is 12.1. The van der Waals surface area contributed by atoms with Crippen LogP contribution >= 0.6 is 11.8 Å². The van der Waals surface area contributed by atoms with Gasteiger partial charge in [-0.05, 0) is 48.0 Å². The highest BCUT2D eigenvalue weighted by Crippen LogP contribution is 2.28. The summed E-state index contributed by atoms with van der Waals surface area (Å²) >= 11 is 1.28. The van der Waals surface area contributed by atoms with Gasteiger partial charge in [0.1, 0.15) is 0 Å². The molecule has 1 amide bonds. The van der Waals surface area contributed by atoms with Crippen molar-refractivity contribution >= 4 is 40.9 Å². The molecular weight excluding hydrogens is 432 g/mol. The van der Waals surface area contributed by atoms with Gasteiger partial charge in [0.25, 0.3) is 5.91 Å². The first-order valence-electron chi connectivity index (χ1n) is 9.45. The van der Waals surface area contributed by atoms with E-state index in [1.165, 1.54) is 37.4 Å². The Balaban J connectivity index is 1.31. The lowest BCUT2D eigenvalue weighted by molar-refractivity contribution is -0.118. The number of benzene rings is 2. The van der Waals surface area contributed by atoms with Crippen LogP contribution in [0.4, 0.5) is 0 Å². The molecule has 10 heteroatoms. The van der Waals surface area contributed by atoms with Crippen LogP contribution in [0.5, 0.6) is 11.5 Å². The molecule has 2 aromatic heterocycles. The summed E-state index contributed by atoms with van der Waals surface area (Å²) in [7, 11) is 1.46. The Morgan fingerprint density at radius 1 is 1.19 bits per heavy atom. The second-order valence-electron chi connectivity index (χ2n) is 6.42. The minimum Gasteiger partial charge on any atom is -0.493 e. The van der Waals surface area contributed by atoms with Gasteiger partial charge in [0.2, 0.25) is 5.76 Å². The number of ether oxygens (including phenoxy) is 2. The third-order valence-electron chi connectivity index (χ3n) is 4.22. The lowest BCUT2D eigenvalue weighted by atomic mass is 10.2. The monoisotopic (exact) mass is 450 g/mol. The summed E-state index contributed by atoms with van der Waals surface area (Å²) < 4.78 is 15.6. The molecule has 0 fully saturated rings. The molecule has 0 saturated carbocycles. The molecule has 0 spiro atoms. The van der Waals surface area contributed by atoms with E-state index in [1.807, 2.05) is 24.3 Å². The number of nitrogens with zero attached hydrogens (tertiary/aromatic N) is 2. The number of nitrogens with one attached hydrogen (secondary N) is 2. The molecule has 0 aliphatic heterocycles. The zero-order valence-corrected chi connectivity index (χ0v) is 17.7. The van der Waals surface area contributed by atoms with Crippen LogP contribution in [-0.2, 0) is 4.79 Å². The average molecular weight is 450 g/mol. The summed E-state index contributed by atoms with van der Waals surface area (Å²) in [6.07, 6.45) is 2.85. The Kier molecular flexibility index (Phi) is 6.52. The van der Waals surface area contributed by atoms with Gasteiger partial charge in [0.05, 0.1) is 36.4 Å². The number of hydrazone groups is 1. The zero-order valence-electron chi connectivity index (χ0n) is 16.9. The van der Waals surface area contributed by atoms with E-state index in [2.05, 4.69) is 20.5 Å². The van der Waals surface area contributed by atoms with Gasteiger partial charge in [-0.3, -0.25) is 4.79 Å². The molecule has 2 heterocycles. The van der Waals surface area contributed by atoms with Crippen molar-refractivity contribution in [2.24, 2.45) is 5.10 Å². The zero-order chi connectivity index (χ0) is 22.3. The van der Waals surface area contributed by atoms with E-state index in [9.17, 15) is 9.59 Å². The molecule has 4 rings (SSSR count). The number of esters is 1. The fraction of sp³-hybridized carbons (Fsp3) is 0.0909. The van der Waals surface area contributed by atoms with Crippen LogP contribution in [-0.4, -0.2) is 40.9 Å². The molecule has 0 radical (unpaired) electrons. The Labute approximate surface area is 186 Å². The third kappa shape index (κ3) is 5.16. The predicted octanol–water partition coefficient (Wildman–Crippen LogP) is 3.63. The van der Waals surface area contributed by atoms with E-state index in [0.717, 1.165) is 11.0 Å². The van der Waals surface area contributed by atoms with E-state index >= 15 is 0 Å². The Morgan fingerprint density at radius 2 is 2.06 bits per heavy atom. The number of para-hydroxylation sites is 2. The first-order chi connectivity index (χ1) is 15.6. The van der Waals surface area contributed by atoms with Gasteiger partial charge in [-0.25, -0.2) is 15.2 Å². The van der Waals surface area contributed by atoms with Crippen molar-refractivity contribution in [2.75, 3.05) is 12.9 Å². The first kappa shape index (κ1) is 21.2. The van der Waals surface area contributed by atoms with Gasteiger partial charge >= 0.3 is 5.97 Å². The SMILES string of the molecule is COc1cc(/C=N\NC(=O)CSc2nc3ccccc3[nH]2)ccc1OC(=O)c1ccco1. The highest BCUT2D eigenvalue weighted by Gasteiger charge is 2.15. The number of hydrogen-bond acceptors (Lipinski definition) is 8. The second kappa shape index (κ2) is 9.84. The molecule has 2 N–H and O–H groups in total. The molecule has 0 aliphatic rings. The Bertz CT molecular complexity index is 1230. The number of imidazole rings is 1. The molecule has 0 atom stereocenters. The minimum absolute atomic E-state index is 0.0842. The molecular formula is C22H18N4O5S. The largest absolute Gasteiger partial charge is 0.493 e. The first-order valence-corrected chi connectivity index (χ1v) is 10.4. The number of amides is 1. The van der Waals surface area contributed by atoms with Crippen LogP contribution in [0.15, 0.2) is 75.5 Å². The van der Waals surface area contributed by atoms with Gasteiger partial charge < -0.3 is 18.9 Å². The molecule has 162 valence electrons. The second-order valence-corrected chi connectivity index (χ2v) is 7.38. The van der Waals surface area contributed by atoms with Crippen molar-refractivity contribution in [3.05, 3.63) is 72.2 Å². The number of aromatic nitrogens is 2. The quantitative estimate of drug-likeness (QED) is 0.138. The van der Waals surface area contributed by atoms with Crippen LogP contribution in [0.2, 0.25) is 0 Å². The smallest absolute Gasteiger partial charge is 0.379 e. The van der Waals surface area contributed by atoms with Gasteiger partial charge in [0.15, 0.2) is 16.7 Å². The van der Waals surface area contributed by atoms with Gasteiger partial charge in [-0.15, -0.1) is 0 Å². The van der Waals surface area contributed by atoms with Crippen molar-refractivity contribution in [3.8, 4) is 11.5 Å². The van der Waals surface area contributed by atoms with E-state index in [4.69, 9.17) is 13.9 Å². The van der Waals surface area contributed by atoms with Crippen LogP contribution in [0, 0.1) is 0 Å². The van der Waals surface area contributed by atoms with Crippen molar-refractivity contribution in [1.82, 2.24) is 15.4 Å². The number of furan rings is 1. The number of rotatable bonds is 8. The van der Waals surface area contributed by atoms with E-state index < -0.39 is 5.97 Å². The van der Waals surface area contributed by atoms with Gasteiger partial charge in [-0.2, -0.15) is 5.10 Å². The fourth-order valence-electron chi connectivity index (χ4n) is 2.74. The third-order valence-corrected chi connectivity index (χ3v) is 5.10. The van der Waals surface area contributed by atoms with Crippen LogP contribution in [0.3, 0.4) is 0 Å². The summed E-state index contributed by atoms with van der Waals surface area (Å²) in [5, 5.41) is 4.62. The normalized spacial score (nSPS) is 11.0. The Morgan fingerprint density at radius 3 is 2.84 bits per heavy atom. The van der Waals surface area contributed by atoms with Crippen molar-refractivity contribution in [2.45, 2.75) is 5.16 Å². The van der Waals surface area contributed by atoms with Crippen molar-refractivity contribution in [1.29, 1.82) is 0 Å². The van der Waals surface area contributed by atoms with E-state index in [1.54, 1.807) is 24.3 Å². The number of carbonyl (C=O) groups excluding carboxylic acids is 2. The van der Waals surface area contributed by atoms with E-state index in [-0.39, 0.29) is 23.2 Å². The summed E-state index contributed by atoms with van der Waals surface area (Å²) in [6, 6.07) is 15.6. The average Bonchev–Trinajstić information content (AvgIpc) is 3.48. The summed E-state index contributed by atoms with van der Waals surface area (Å²) in [4.78, 5) is 31.7. The molecule has 4 aromatic rings. The van der Waals surface area contributed by atoms with Gasteiger partial charge in [-0.1, -0.05) is 23.9 Å². The number of thioether (sulfide) groups is 1. The van der Waals surface area contributed by atoms with Crippen molar-refractivity contribution in [3.63, 3.8) is 0 Å². The molecule has 0 bridgehead atoms. The summed E-state index contributed by atoms with van der Waals surface area (Å²) in [5.41, 5.74) is 4.88. The lowest BCUT2D eigenvalue weighted by Gasteiger charge is -2.09. The van der Waals surface area contributed by atoms with Crippen LogP contribution in [0.25, 0.3) is 11.0 Å². The highest BCUT2D eigenvalue weighted by atomic mass is 32.2. The molecule has 32 heavy (non-hydrogen) atoms. The number of aromatic amines is 1. The molecule has 2 aromatic carbocycles. The summed E-state index contributed by atoms with van der Waals surface area (Å²) in [6.45, 7) is 0. The van der Waals surface area contributed by atoms with E-state index in [0.29, 0.717) is 16.5 Å². The minimum atomic E-state index is -0.635. The van der Waals surface area contributed by atoms with Crippen LogP contribution < -0.4 is 14.9 Å². The number of fused-ring (bicyclic) bond motifs is 1. The number of hydrogen-bond donors (Lipinski definition) is 2. The molecule has 0 unspecified atom stereocenters. The highest BCUT2D eigenvalue weighted by molar-refractivity contribution is 7.99. The Hall–Kier alpha value is -4.05. The lowest BCUT2D eigenvalue weighted by Crippen LogP contribution is -2.19. The number of carbonyl (C=O) groups is 2. The topological polar surface area (TPSA) is 119 Å². The predicted molar refractivity (Wildman–Crippen MR) is 119 cm³/mol. The van der Waals surface area contributed by atoms with Crippen LogP contribution in [0.1, 0.15) is 16.1 Å². The fourth-order valence-corrected chi connectivity index (χ4v) is 3.41. The maximum Gasteiger partial charge on any atom is 0.379 e. The number of methoxy groups -OCH3 is 1. The molecule has 0 aliphatic carbocycles. The number of H-pyrrole nitrogens is 1. The molecule has 0 saturated heterocycles. The van der Waals surface area contributed by atoms with Gasteiger partial charge in [0, 0.05) is 0 Å². The summed E-state index contributed by atoms with van der Waals surface area (Å²) in [5.74, 6) is -0.104. The molecule has 9 nitrogen and oxygen atoms in total. The van der Waals surface area contributed by atoms with Crippen molar-refractivity contribution < 1.29 is 23.5 Å². The standard InChI is InChI=1S/C22H18N4O5S/c1-29-19-11-14(8-9-17(19)31-21(28)18-7-4-10-30-18)12-23-26-20(27)13-32-22-24-15-5-2-3-6-16(15)25-22/h2-12H,13H2,1H3,(H,24,25)(H,26,27)/b23-12-.